The van der Waals surface area contributed by atoms with E-state index in [4.69, 9.17) is 0 Å². The molecule has 5 unspecified atom stereocenters. The number of allylic oxidation sites excluding steroid dienone is 1. The van der Waals surface area contributed by atoms with Crippen LogP contribution >= 0.6 is 0 Å². The van der Waals surface area contributed by atoms with E-state index >= 15 is 0 Å². The molecule has 3 saturated carbocycles. The van der Waals surface area contributed by atoms with Gasteiger partial charge in [-0.25, -0.2) is 4.39 Å². The molecule has 1 aromatic carbocycles. The third kappa shape index (κ3) is 2.88. The van der Waals surface area contributed by atoms with Gasteiger partial charge < -0.3 is 10.2 Å². The minimum absolute atomic E-state index is 0.117. The van der Waals surface area contributed by atoms with Crippen molar-refractivity contribution >= 4 is 6.08 Å². The Bertz CT molecular complexity index is 873. The van der Waals surface area contributed by atoms with Gasteiger partial charge in [0.15, 0.2) is 0 Å². The topological polar surface area (TPSA) is 40.5 Å². The van der Waals surface area contributed by atoms with E-state index in [1.54, 1.807) is 12.1 Å². The fourth-order valence-corrected chi connectivity index (χ4v) is 7.43. The molecule has 0 saturated heterocycles. The third-order valence-electron chi connectivity index (χ3n) is 9.19. The van der Waals surface area contributed by atoms with Crippen molar-refractivity contribution in [1.29, 1.82) is 0 Å². The molecular formula is C26H33FO2. The summed E-state index contributed by atoms with van der Waals surface area (Å²) in [5.41, 5.74) is 3.14. The minimum atomic E-state index is -0.487. The van der Waals surface area contributed by atoms with Crippen molar-refractivity contribution in [2.75, 3.05) is 0 Å². The van der Waals surface area contributed by atoms with E-state index < -0.39 is 6.10 Å². The molecule has 2 nitrogen and oxygen atoms in total. The molecule has 3 heteroatoms. The number of benzene rings is 1. The van der Waals surface area contributed by atoms with E-state index in [1.165, 1.54) is 11.6 Å². The van der Waals surface area contributed by atoms with Gasteiger partial charge in [0.25, 0.3) is 0 Å². The second-order valence-electron chi connectivity index (χ2n) is 10.5. The highest BCUT2D eigenvalue weighted by Gasteiger charge is 2.59. The fraction of sp³-hybridized carbons (Fsp3) is 0.615. The van der Waals surface area contributed by atoms with E-state index in [1.807, 2.05) is 12.1 Å². The molecule has 1 aromatic rings. The molecule has 0 amide bonds. The van der Waals surface area contributed by atoms with Crippen LogP contribution < -0.4 is 0 Å². The first-order chi connectivity index (χ1) is 13.8. The summed E-state index contributed by atoms with van der Waals surface area (Å²) >= 11 is 0. The molecule has 4 aliphatic rings. The molecule has 156 valence electrons. The zero-order valence-electron chi connectivity index (χ0n) is 17.6. The van der Waals surface area contributed by atoms with Gasteiger partial charge in [0, 0.05) is 11.0 Å². The van der Waals surface area contributed by atoms with Crippen LogP contribution in [0.15, 0.2) is 41.5 Å². The molecule has 0 heterocycles. The smallest absolute Gasteiger partial charge is 0.130 e. The lowest BCUT2D eigenvalue weighted by Crippen LogP contribution is -2.51. The summed E-state index contributed by atoms with van der Waals surface area (Å²) in [7, 11) is 0. The van der Waals surface area contributed by atoms with Crippen molar-refractivity contribution in [1.82, 2.24) is 0 Å². The third-order valence-corrected chi connectivity index (χ3v) is 9.19. The average molecular weight is 397 g/mol. The van der Waals surface area contributed by atoms with Gasteiger partial charge >= 0.3 is 0 Å². The molecule has 2 N–H and O–H groups in total. The average Bonchev–Trinajstić information content (AvgIpc) is 2.95. The maximum absolute atomic E-state index is 14.2. The van der Waals surface area contributed by atoms with Gasteiger partial charge in [-0.05, 0) is 79.8 Å². The summed E-state index contributed by atoms with van der Waals surface area (Å²) < 4.78 is 14.2. The van der Waals surface area contributed by atoms with Gasteiger partial charge in [0.1, 0.15) is 5.82 Å². The van der Waals surface area contributed by atoms with Crippen molar-refractivity contribution in [3.63, 3.8) is 0 Å². The van der Waals surface area contributed by atoms with Crippen molar-refractivity contribution in [3.8, 4) is 0 Å². The zero-order valence-corrected chi connectivity index (χ0v) is 17.6. The maximum atomic E-state index is 14.2. The molecule has 0 spiro atoms. The Kier molecular flexibility index (Phi) is 4.56. The Morgan fingerprint density at radius 2 is 1.83 bits per heavy atom. The van der Waals surface area contributed by atoms with Gasteiger partial charge in [-0.15, -0.1) is 0 Å². The molecule has 29 heavy (non-hydrogen) atoms. The number of rotatable bonds is 1. The van der Waals surface area contributed by atoms with Gasteiger partial charge in [-0.1, -0.05) is 49.8 Å². The van der Waals surface area contributed by atoms with Crippen LogP contribution in [-0.4, -0.2) is 22.4 Å². The number of aliphatic hydroxyl groups is 2. The van der Waals surface area contributed by atoms with Gasteiger partial charge in [0.2, 0.25) is 0 Å². The number of halogens is 1. The first kappa shape index (κ1) is 19.5. The molecule has 5 rings (SSSR count). The lowest BCUT2D eigenvalue weighted by atomic mass is 9.48. The Morgan fingerprint density at radius 1 is 1.03 bits per heavy atom. The number of hydrogen-bond acceptors (Lipinski definition) is 2. The van der Waals surface area contributed by atoms with E-state index in [9.17, 15) is 14.6 Å². The Morgan fingerprint density at radius 3 is 2.62 bits per heavy atom. The molecule has 4 aliphatic carbocycles. The molecule has 0 aromatic heterocycles. The predicted octanol–water partition coefficient (Wildman–Crippen LogP) is 5.50. The van der Waals surface area contributed by atoms with Gasteiger partial charge in [-0.3, -0.25) is 0 Å². The van der Waals surface area contributed by atoms with Crippen molar-refractivity contribution in [2.24, 2.45) is 28.6 Å². The lowest BCUT2D eigenvalue weighted by Gasteiger charge is -2.57. The molecular weight excluding hydrogens is 363 g/mol. The lowest BCUT2D eigenvalue weighted by molar-refractivity contribution is -0.0685. The summed E-state index contributed by atoms with van der Waals surface area (Å²) in [4.78, 5) is 0. The second kappa shape index (κ2) is 6.78. The van der Waals surface area contributed by atoms with E-state index in [-0.39, 0.29) is 22.8 Å². The predicted molar refractivity (Wildman–Crippen MR) is 113 cm³/mol. The van der Waals surface area contributed by atoms with Crippen LogP contribution in [0.2, 0.25) is 0 Å². The van der Waals surface area contributed by atoms with E-state index in [0.29, 0.717) is 23.3 Å². The first-order valence-electron chi connectivity index (χ1n) is 11.3. The minimum Gasteiger partial charge on any atom is -0.393 e. The van der Waals surface area contributed by atoms with Gasteiger partial charge in [-0.2, -0.15) is 0 Å². The molecule has 0 aliphatic heterocycles. The summed E-state index contributed by atoms with van der Waals surface area (Å²) in [5.74, 6) is 1.42. The molecule has 0 radical (unpaired) electrons. The summed E-state index contributed by atoms with van der Waals surface area (Å²) in [5, 5.41) is 21.4. The SMILES string of the molecule is C[C@@]12CCC3C(CC=C4CC(O)CC[C@]43C)C1C/C(=C/c1ccccc1F)C2O. The summed E-state index contributed by atoms with van der Waals surface area (Å²) in [6, 6.07) is 6.85. The van der Waals surface area contributed by atoms with E-state index in [2.05, 4.69) is 19.9 Å². The maximum Gasteiger partial charge on any atom is 0.130 e. The molecule has 0 bridgehead atoms. The quantitative estimate of drug-likeness (QED) is 0.615. The van der Waals surface area contributed by atoms with Crippen LogP contribution in [0.5, 0.6) is 0 Å². The van der Waals surface area contributed by atoms with Crippen LogP contribution in [0, 0.1) is 34.4 Å². The van der Waals surface area contributed by atoms with Crippen molar-refractivity contribution in [2.45, 2.75) is 71.0 Å². The van der Waals surface area contributed by atoms with Crippen LogP contribution in [0.25, 0.3) is 6.08 Å². The van der Waals surface area contributed by atoms with Crippen LogP contribution in [0.4, 0.5) is 4.39 Å². The van der Waals surface area contributed by atoms with Crippen molar-refractivity contribution in [3.05, 3.63) is 52.9 Å². The Labute approximate surface area is 173 Å². The molecule has 7 atom stereocenters. The van der Waals surface area contributed by atoms with Crippen molar-refractivity contribution < 1.29 is 14.6 Å². The number of hydrogen-bond donors (Lipinski definition) is 2. The standard InChI is InChI=1S/C26H33FO2/c1-25-11-9-19(28)15-18(25)7-8-20-21(25)10-12-26(2)22(20)14-17(24(26)29)13-16-5-3-4-6-23(16)27/h3-7,13,19-22,24,28-29H,8-12,14-15H2,1-2H3/b17-13-/t19?,20?,21?,22?,24?,25-,26-/m1/s1. The Balaban J connectivity index is 1.48. The number of fused-ring (bicyclic) bond motifs is 5. The Hall–Kier alpha value is -1.45. The monoisotopic (exact) mass is 396 g/mol. The van der Waals surface area contributed by atoms with E-state index in [0.717, 1.165) is 50.5 Å². The highest BCUT2D eigenvalue weighted by atomic mass is 19.1. The highest BCUT2D eigenvalue weighted by molar-refractivity contribution is 5.56. The zero-order chi connectivity index (χ0) is 20.4. The second-order valence-corrected chi connectivity index (χ2v) is 10.5. The first-order valence-corrected chi connectivity index (χ1v) is 11.3. The normalized spacial score (nSPS) is 45.3. The van der Waals surface area contributed by atoms with Gasteiger partial charge in [0.05, 0.1) is 12.2 Å². The summed E-state index contributed by atoms with van der Waals surface area (Å²) in [6.07, 6.45) is 10.6. The van der Waals surface area contributed by atoms with Crippen LogP contribution in [0.1, 0.15) is 64.4 Å². The van der Waals surface area contributed by atoms with Crippen LogP contribution in [-0.2, 0) is 0 Å². The molecule has 3 fully saturated rings. The largest absolute Gasteiger partial charge is 0.393 e. The summed E-state index contributed by atoms with van der Waals surface area (Å²) in [6.45, 7) is 4.68. The van der Waals surface area contributed by atoms with Crippen LogP contribution in [0.3, 0.4) is 0 Å². The fourth-order valence-electron chi connectivity index (χ4n) is 7.43. The highest BCUT2D eigenvalue weighted by Crippen LogP contribution is 2.65. The number of aliphatic hydroxyl groups excluding tert-OH is 2.